The molecule has 3 rings (SSSR count). The van der Waals surface area contributed by atoms with Crippen molar-refractivity contribution in [3.8, 4) is 0 Å². The van der Waals surface area contributed by atoms with Crippen LogP contribution < -0.4 is 10.6 Å². The third kappa shape index (κ3) is 2.28. The Kier molecular flexibility index (Phi) is 3.11. The molecule has 0 amide bonds. The van der Waals surface area contributed by atoms with E-state index < -0.39 is 0 Å². The molecule has 0 spiro atoms. The predicted molar refractivity (Wildman–Crippen MR) is 82.2 cm³/mol. The summed E-state index contributed by atoms with van der Waals surface area (Å²) in [6, 6.07) is 14.3. The van der Waals surface area contributed by atoms with Gasteiger partial charge in [-0.05, 0) is 42.2 Å². The van der Waals surface area contributed by atoms with Crippen LogP contribution >= 0.6 is 11.6 Å². The van der Waals surface area contributed by atoms with Gasteiger partial charge < -0.3 is 10.6 Å². The van der Waals surface area contributed by atoms with Crippen LogP contribution in [0.4, 0.5) is 17.1 Å². The molecule has 1 aliphatic rings. The Hall–Kier alpha value is -1.67. The zero-order valence-corrected chi connectivity index (χ0v) is 11.7. The number of rotatable bonds is 1. The summed E-state index contributed by atoms with van der Waals surface area (Å²) < 4.78 is 0. The molecule has 0 radical (unpaired) electrons. The number of halogens is 1. The van der Waals surface area contributed by atoms with Crippen LogP contribution in [0.25, 0.3) is 0 Å². The molecule has 2 N–H and O–H groups in total. The minimum Gasteiger partial charge on any atom is -0.399 e. The normalized spacial score (nSPS) is 18.2. The Morgan fingerprint density at radius 3 is 2.74 bits per heavy atom. The van der Waals surface area contributed by atoms with Crippen molar-refractivity contribution in [3.63, 3.8) is 0 Å². The first kappa shape index (κ1) is 12.4. The molecule has 1 aliphatic heterocycles. The highest BCUT2D eigenvalue weighted by Crippen LogP contribution is 2.39. The van der Waals surface area contributed by atoms with Crippen molar-refractivity contribution in [2.24, 2.45) is 5.92 Å². The summed E-state index contributed by atoms with van der Waals surface area (Å²) in [6.07, 6.45) is 1.12. The molecular weight excluding hydrogens is 256 g/mol. The van der Waals surface area contributed by atoms with E-state index in [1.54, 1.807) is 0 Å². The van der Waals surface area contributed by atoms with E-state index in [1.807, 2.05) is 18.2 Å². The summed E-state index contributed by atoms with van der Waals surface area (Å²) in [4.78, 5) is 2.30. The van der Waals surface area contributed by atoms with Gasteiger partial charge in [-0.1, -0.05) is 36.7 Å². The number of benzene rings is 2. The Morgan fingerprint density at radius 2 is 1.95 bits per heavy atom. The third-order valence-electron chi connectivity index (χ3n) is 3.61. The molecule has 98 valence electrons. The fourth-order valence-electron chi connectivity index (χ4n) is 2.77. The van der Waals surface area contributed by atoms with E-state index in [1.165, 1.54) is 11.3 Å². The summed E-state index contributed by atoms with van der Waals surface area (Å²) in [5, 5.41) is 0.712. The van der Waals surface area contributed by atoms with E-state index in [9.17, 15) is 0 Å². The Labute approximate surface area is 118 Å². The lowest BCUT2D eigenvalue weighted by Gasteiger charge is -2.35. The van der Waals surface area contributed by atoms with Gasteiger partial charge in [-0.3, -0.25) is 0 Å². The number of anilines is 3. The maximum Gasteiger partial charge on any atom is 0.0663 e. The molecule has 0 bridgehead atoms. The van der Waals surface area contributed by atoms with Gasteiger partial charge in [0.05, 0.1) is 10.7 Å². The molecule has 0 fully saturated rings. The van der Waals surface area contributed by atoms with Crippen LogP contribution in [0.1, 0.15) is 12.5 Å². The van der Waals surface area contributed by atoms with Crippen molar-refractivity contribution in [2.75, 3.05) is 17.2 Å². The molecule has 1 heterocycles. The van der Waals surface area contributed by atoms with Gasteiger partial charge in [0, 0.05) is 17.9 Å². The second kappa shape index (κ2) is 4.78. The van der Waals surface area contributed by atoms with Crippen LogP contribution in [-0.2, 0) is 6.42 Å². The standard InChI is InChI=1S/C16H17ClN2/c1-11-8-12-4-2-3-5-15(12)19(10-11)16-7-6-13(18)9-14(16)17/h2-7,9,11H,8,10,18H2,1H3. The van der Waals surface area contributed by atoms with E-state index in [0.29, 0.717) is 16.6 Å². The van der Waals surface area contributed by atoms with Gasteiger partial charge in [0.25, 0.3) is 0 Å². The minimum absolute atomic E-state index is 0.614. The summed E-state index contributed by atoms with van der Waals surface area (Å²) in [7, 11) is 0. The highest BCUT2D eigenvalue weighted by Gasteiger charge is 2.23. The van der Waals surface area contributed by atoms with Gasteiger partial charge >= 0.3 is 0 Å². The molecule has 1 atom stereocenters. The number of fused-ring (bicyclic) bond motifs is 1. The summed E-state index contributed by atoms with van der Waals surface area (Å²) >= 11 is 6.36. The van der Waals surface area contributed by atoms with Crippen molar-refractivity contribution in [1.82, 2.24) is 0 Å². The molecule has 3 heteroatoms. The highest BCUT2D eigenvalue weighted by atomic mass is 35.5. The van der Waals surface area contributed by atoms with Gasteiger partial charge in [-0.15, -0.1) is 0 Å². The van der Waals surface area contributed by atoms with Gasteiger partial charge in [0.2, 0.25) is 0 Å². The number of hydrogen-bond acceptors (Lipinski definition) is 2. The SMILES string of the molecule is CC1Cc2ccccc2N(c2ccc(N)cc2Cl)C1. The third-order valence-corrected chi connectivity index (χ3v) is 3.91. The van der Waals surface area contributed by atoms with Gasteiger partial charge in [-0.2, -0.15) is 0 Å². The maximum atomic E-state index is 6.36. The Balaban J connectivity index is 2.10. The summed E-state index contributed by atoms with van der Waals surface area (Å²) in [5.41, 5.74) is 10.2. The predicted octanol–water partition coefficient (Wildman–Crippen LogP) is 4.25. The smallest absolute Gasteiger partial charge is 0.0663 e. The molecule has 2 nitrogen and oxygen atoms in total. The van der Waals surface area contributed by atoms with Crippen molar-refractivity contribution in [2.45, 2.75) is 13.3 Å². The van der Waals surface area contributed by atoms with Crippen LogP contribution in [0, 0.1) is 5.92 Å². The molecule has 0 aromatic heterocycles. The molecule has 0 saturated heterocycles. The van der Waals surface area contributed by atoms with Crippen LogP contribution in [0.5, 0.6) is 0 Å². The number of nitrogens with zero attached hydrogens (tertiary/aromatic N) is 1. The maximum absolute atomic E-state index is 6.36. The average molecular weight is 273 g/mol. The first-order valence-corrected chi connectivity index (χ1v) is 6.93. The van der Waals surface area contributed by atoms with Crippen molar-refractivity contribution < 1.29 is 0 Å². The van der Waals surface area contributed by atoms with Crippen LogP contribution in [0.2, 0.25) is 5.02 Å². The lowest BCUT2D eigenvalue weighted by molar-refractivity contribution is 0.562. The minimum atomic E-state index is 0.614. The zero-order chi connectivity index (χ0) is 13.4. The molecule has 1 unspecified atom stereocenters. The van der Waals surface area contributed by atoms with Crippen LogP contribution in [0.3, 0.4) is 0 Å². The highest BCUT2D eigenvalue weighted by molar-refractivity contribution is 6.33. The second-order valence-electron chi connectivity index (χ2n) is 5.26. The van der Waals surface area contributed by atoms with E-state index in [2.05, 4.69) is 36.1 Å². The van der Waals surface area contributed by atoms with E-state index in [-0.39, 0.29) is 0 Å². The van der Waals surface area contributed by atoms with Crippen molar-refractivity contribution in [1.29, 1.82) is 0 Å². The number of para-hydroxylation sites is 1. The lowest BCUT2D eigenvalue weighted by atomic mass is 9.93. The van der Waals surface area contributed by atoms with Crippen molar-refractivity contribution in [3.05, 3.63) is 53.1 Å². The quantitative estimate of drug-likeness (QED) is 0.786. The van der Waals surface area contributed by atoms with Crippen LogP contribution in [0.15, 0.2) is 42.5 Å². The van der Waals surface area contributed by atoms with Gasteiger partial charge in [-0.25, -0.2) is 0 Å². The Morgan fingerprint density at radius 1 is 1.16 bits per heavy atom. The van der Waals surface area contributed by atoms with Crippen molar-refractivity contribution >= 4 is 28.7 Å². The first-order chi connectivity index (χ1) is 9.15. The van der Waals surface area contributed by atoms with Gasteiger partial charge in [0.15, 0.2) is 0 Å². The van der Waals surface area contributed by atoms with Crippen LogP contribution in [-0.4, -0.2) is 6.54 Å². The van der Waals surface area contributed by atoms with E-state index in [0.717, 1.165) is 18.7 Å². The fourth-order valence-corrected chi connectivity index (χ4v) is 3.06. The monoisotopic (exact) mass is 272 g/mol. The number of hydrogen-bond donors (Lipinski definition) is 1. The summed E-state index contributed by atoms with van der Waals surface area (Å²) in [6.45, 7) is 3.26. The zero-order valence-electron chi connectivity index (χ0n) is 10.9. The molecule has 19 heavy (non-hydrogen) atoms. The number of nitrogen functional groups attached to an aromatic ring is 1. The summed E-state index contributed by atoms with van der Waals surface area (Å²) in [5.74, 6) is 0.614. The molecular formula is C16H17ClN2. The van der Waals surface area contributed by atoms with E-state index in [4.69, 9.17) is 17.3 Å². The van der Waals surface area contributed by atoms with E-state index >= 15 is 0 Å². The first-order valence-electron chi connectivity index (χ1n) is 6.55. The Bertz CT molecular complexity index is 609. The topological polar surface area (TPSA) is 29.3 Å². The molecule has 0 saturated carbocycles. The number of nitrogens with two attached hydrogens (primary N) is 1. The fraction of sp³-hybridized carbons (Fsp3) is 0.250. The largest absolute Gasteiger partial charge is 0.399 e. The molecule has 2 aromatic rings. The lowest BCUT2D eigenvalue weighted by Crippen LogP contribution is -2.30. The second-order valence-corrected chi connectivity index (χ2v) is 5.67. The average Bonchev–Trinajstić information content (AvgIpc) is 2.38. The molecule has 2 aromatic carbocycles. The van der Waals surface area contributed by atoms with Gasteiger partial charge in [0.1, 0.15) is 0 Å². The molecule has 0 aliphatic carbocycles.